The molecule has 0 aromatic carbocycles. The third kappa shape index (κ3) is 3.27. The van der Waals surface area contributed by atoms with E-state index in [1.54, 1.807) is 12.4 Å². The summed E-state index contributed by atoms with van der Waals surface area (Å²) in [6, 6.07) is 6.07. The number of nitrogens with zero attached hydrogens (tertiary/aromatic N) is 4. The van der Waals surface area contributed by atoms with Crippen molar-refractivity contribution in [2.24, 2.45) is 0 Å². The minimum atomic E-state index is 0.145. The van der Waals surface area contributed by atoms with Gasteiger partial charge in [-0.2, -0.15) is 0 Å². The number of nitrogens with two attached hydrogens (primary N) is 1. The van der Waals surface area contributed by atoms with Crippen molar-refractivity contribution in [1.29, 1.82) is 0 Å². The van der Waals surface area contributed by atoms with Crippen LogP contribution in [0.1, 0.15) is 19.8 Å². The van der Waals surface area contributed by atoms with Crippen LogP contribution in [0, 0.1) is 0 Å². The van der Waals surface area contributed by atoms with E-state index in [9.17, 15) is 0 Å². The number of hydrogen-bond acceptors (Lipinski definition) is 6. The maximum absolute atomic E-state index is 6.43. The Morgan fingerprint density at radius 2 is 2.03 bits per heavy atom. The summed E-state index contributed by atoms with van der Waals surface area (Å²) in [7, 11) is 0. The number of rotatable bonds is 4. The number of aromatic nitrogens is 4. The van der Waals surface area contributed by atoms with Crippen molar-refractivity contribution < 1.29 is 4.74 Å². The Bertz CT molecular complexity index is 1150. The van der Waals surface area contributed by atoms with Crippen LogP contribution in [0.15, 0.2) is 43.0 Å². The Hall–Kier alpha value is -3.19. The van der Waals surface area contributed by atoms with Crippen molar-refractivity contribution in [3.05, 3.63) is 43.0 Å². The van der Waals surface area contributed by atoms with Crippen molar-refractivity contribution in [2.45, 2.75) is 25.9 Å². The maximum Gasteiger partial charge on any atom is 0.171 e. The molecule has 7 nitrogen and oxygen atoms in total. The number of hydrogen-bond donors (Lipinski definition) is 2. The van der Waals surface area contributed by atoms with E-state index in [0.717, 1.165) is 65.5 Å². The van der Waals surface area contributed by atoms with Crippen LogP contribution in [0.4, 0.5) is 5.82 Å². The van der Waals surface area contributed by atoms with Gasteiger partial charge in [0.2, 0.25) is 0 Å². The molecule has 0 amide bonds. The van der Waals surface area contributed by atoms with Gasteiger partial charge in [-0.25, -0.2) is 9.97 Å². The summed E-state index contributed by atoms with van der Waals surface area (Å²) >= 11 is 0. The van der Waals surface area contributed by atoms with Crippen LogP contribution in [0.2, 0.25) is 0 Å². The van der Waals surface area contributed by atoms with E-state index in [1.807, 2.05) is 24.5 Å². The van der Waals surface area contributed by atoms with E-state index in [0.29, 0.717) is 11.6 Å². The quantitative estimate of drug-likeness (QED) is 0.555. The molecule has 5 heterocycles. The highest BCUT2D eigenvalue weighted by atomic mass is 16.5. The maximum atomic E-state index is 6.43. The van der Waals surface area contributed by atoms with E-state index >= 15 is 0 Å². The number of aromatic amines is 1. The Morgan fingerprint density at radius 1 is 1.17 bits per heavy atom. The first-order valence-electron chi connectivity index (χ1n) is 10.1. The normalized spacial score (nSPS) is 15.9. The number of fused-ring (bicyclic) bond motifs is 3. The molecule has 148 valence electrons. The fourth-order valence-electron chi connectivity index (χ4n) is 4.07. The topological polar surface area (TPSA) is 93.0 Å². The molecular weight excluding hydrogens is 364 g/mol. The van der Waals surface area contributed by atoms with Gasteiger partial charge in [-0.3, -0.25) is 4.98 Å². The number of nitrogen functional groups attached to an aromatic ring is 1. The van der Waals surface area contributed by atoms with E-state index < -0.39 is 0 Å². The van der Waals surface area contributed by atoms with Gasteiger partial charge >= 0.3 is 0 Å². The summed E-state index contributed by atoms with van der Waals surface area (Å²) in [6.45, 7) is 5.37. The first-order valence-corrected chi connectivity index (χ1v) is 10.1. The highest BCUT2D eigenvalue weighted by Gasteiger charge is 2.23. The predicted molar refractivity (Wildman–Crippen MR) is 115 cm³/mol. The first-order chi connectivity index (χ1) is 14.2. The second-order valence-electron chi connectivity index (χ2n) is 7.50. The molecule has 4 aromatic rings. The van der Waals surface area contributed by atoms with Gasteiger partial charge in [0, 0.05) is 48.2 Å². The summed E-state index contributed by atoms with van der Waals surface area (Å²) in [5.74, 6) is 1.08. The summed E-state index contributed by atoms with van der Waals surface area (Å²) in [5, 5.41) is 1.93. The van der Waals surface area contributed by atoms with Crippen molar-refractivity contribution >= 4 is 27.8 Å². The molecule has 5 rings (SSSR count). The fourth-order valence-corrected chi connectivity index (χ4v) is 4.07. The minimum Gasteiger partial charge on any atom is -0.486 e. The number of anilines is 1. The zero-order chi connectivity index (χ0) is 19.8. The van der Waals surface area contributed by atoms with Crippen LogP contribution in [0.5, 0.6) is 5.75 Å². The molecule has 0 radical (unpaired) electrons. The van der Waals surface area contributed by atoms with Gasteiger partial charge < -0.3 is 20.4 Å². The lowest BCUT2D eigenvalue weighted by Crippen LogP contribution is -2.38. The fraction of sp³-hybridized carbons (Fsp3) is 0.318. The third-order valence-corrected chi connectivity index (χ3v) is 5.73. The highest BCUT2D eigenvalue weighted by molar-refractivity contribution is 6.11. The van der Waals surface area contributed by atoms with Crippen LogP contribution in [0.3, 0.4) is 0 Å². The van der Waals surface area contributed by atoms with Crippen LogP contribution < -0.4 is 10.5 Å². The van der Waals surface area contributed by atoms with Crippen LogP contribution in [0.25, 0.3) is 33.1 Å². The summed E-state index contributed by atoms with van der Waals surface area (Å²) < 4.78 is 6.43. The largest absolute Gasteiger partial charge is 0.486 e. The van der Waals surface area contributed by atoms with E-state index in [2.05, 4.69) is 37.8 Å². The van der Waals surface area contributed by atoms with Gasteiger partial charge in [0.25, 0.3) is 0 Å². The summed E-state index contributed by atoms with van der Waals surface area (Å²) in [4.78, 5) is 19.0. The molecule has 1 aliphatic rings. The van der Waals surface area contributed by atoms with Crippen molar-refractivity contribution in [1.82, 2.24) is 24.8 Å². The van der Waals surface area contributed by atoms with Crippen molar-refractivity contribution in [3.8, 4) is 16.9 Å². The molecule has 0 bridgehead atoms. The second kappa shape index (κ2) is 7.33. The summed E-state index contributed by atoms with van der Waals surface area (Å²) in [6.07, 6.45) is 9.34. The van der Waals surface area contributed by atoms with Crippen LogP contribution in [-0.4, -0.2) is 50.6 Å². The van der Waals surface area contributed by atoms with Gasteiger partial charge in [0.05, 0.1) is 17.1 Å². The number of likely N-dealkylation sites (tertiary alicyclic amines) is 1. The van der Waals surface area contributed by atoms with E-state index in [-0.39, 0.29) is 6.10 Å². The average Bonchev–Trinajstić information content (AvgIpc) is 3.15. The number of ether oxygens (including phenoxy) is 1. The van der Waals surface area contributed by atoms with E-state index in [4.69, 9.17) is 10.5 Å². The predicted octanol–water partition coefficient (Wildman–Crippen LogP) is 3.62. The standard InChI is InChI=1S/C22H24N6O/c1-2-28-8-5-16(6-9-28)29-20-19-17-10-15(14-4-3-7-24-11-14)12-26-22(17)27-18(19)13-25-21(20)23/h3-4,7,10-13,16H,2,5-6,8-9H2,1H3,(H2,23,25)(H,26,27). The Morgan fingerprint density at radius 3 is 2.79 bits per heavy atom. The number of pyridine rings is 3. The van der Waals surface area contributed by atoms with Gasteiger partial charge in [-0.05, 0) is 31.5 Å². The van der Waals surface area contributed by atoms with Gasteiger partial charge in [-0.1, -0.05) is 13.0 Å². The van der Waals surface area contributed by atoms with Crippen LogP contribution >= 0.6 is 0 Å². The Labute approximate surface area is 168 Å². The number of H-pyrrole nitrogens is 1. The molecule has 0 saturated carbocycles. The van der Waals surface area contributed by atoms with Gasteiger partial charge in [0.15, 0.2) is 11.6 Å². The molecule has 0 unspecified atom stereocenters. The smallest absolute Gasteiger partial charge is 0.171 e. The summed E-state index contributed by atoms with van der Waals surface area (Å²) in [5.41, 5.74) is 9.97. The average molecular weight is 388 g/mol. The Balaban J connectivity index is 1.58. The molecule has 1 aliphatic heterocycles. The zero-order valence-electron chi connectivity index (χ0n) is 16.4. The lowest BCUT2D eigenvalue weighted by Gasteiger charge is -2.31. The molecule has 0 atom stereocenters. The van der Waals surface area contributed by atoms with Crippen molar-refractivity contribution in [2.75, 3.05) is 25.4 Å². The molecule has 1 saturated heterocycles. The molecule has 7 heteroatoms. The van der Waals surface area contributed by atoms with Crippen LogP contribution in [-0.2, 0) is 0 Å². The monoisotopic (exact) mass is 388 g/mol. The molecule has 0 spiro atoms. The Kier molecular flexibility index (Phi) is 4.52. The molecular formula is C22H24N6O. The lowest BCUT2D eigenvalue weighted by atomic mass is 10.1. The lowest BCUT2D eigenvalue weighted by molar-refractivity contribution is 0.105. The SMILES string of the molecule is CCN1CCC(Oc2c(N)ncc3[nH]c4ncc(-c5cccnc5)cc4c23)CC1. The third-order valence-electron chi connectivity index (χ3n) is 5.73. The molecule has 4 aromatic heterocycles. The zero-order valence-corrected chi connectivity index (χ0v) is 16.4. The minimum absolute atomic E-state index is 0.145. The number of nitrogens with one attached hydrogen (secondary N) is 1. The molecule has 29 heavy (non-hydrogen) atoms. The molecule has 3 N–H and O–H groups in total. The van der Waals surface area contributed by atoms with Gasteiger partial charge in [-0.15, -0.1) is 0 Å². The first kappa shape index (κ1) is 17.9. The highest BCUT2D eigenvalue weighted by Crippen LogP contribution is 2.38. The molecule has 1 fully saturated rings. The van der Waals surface area contributed by atoms with Crippen molar-refractivity contribution in [3.63, 3.8) is 0 Å². The van der Waals surface area contributed by atoms with E-state index in [1.165, 1.54) is 0 Å². The molecule has 0 aliphatic carbocycles. The number of piperidine rings is 1. The second-order valence-corrected chi connectivity index (χ2v) is 7.50. The van der Waals surface area contributed by atoms with Gasteiger partial charge in [0.1, 0.15) is 11.8 Å².